The first-order valence-corrected chi connectivity index (χ1v) is 12.6. The molecule has 214 valence electrons. The Balaban J connectivity index is 1.43. The topological polar surface area (TPSA) is 102 Å². The van der Waals surface area contributed by atoms with Crippen molar-refractivity contribution in [1.82, 2.24) is 10.3 Å². The van der Waals surface area contributed by atoms with Crippen LogP contribution in [0.25, 0.3) is 11.5 Å². The Morgan fingerprint density at radius 2 is 1.76 bits per heavy atom. The van der Waals surface area contributed by atoms with Crippen molar-refractivity contribution in [3.8, 4) is 17.2 Å². The number of nitrogens with one attached hydrogen (secondary N) is 1. The van der Waals surface area contributed by atoms with Crippen molar-refractivity contribution in [3.05, 3.63) is 106 Å². The summed E-state index contributed by atoms with van der Waals surface area (Å²) in [5.74, 6) is -1.71. The number of ether oxygens (including phenoxy) is 1. The summed E-state index contributed by atoms with van der Waals surface area (Å²) in [6.45, 7) is 1.98. The smallest absolute Gasteiger partial charge is 0.419 e. The fraction of sp³-hybridized carbons (Fsp3) is 0.233. The zero-order chi connectivity index (χ0) is 29.6. The Morgan fingerprint density at radius 3 is 2.44 bits per heavy atom. The van der Waals surface area contributed by atoms with Crippen LogP contribution in [0, 0.1) is 12.7 Å². The molecule has 0 unspecified atom stereocenters. The zero-order valence-electron chi connectivity index (χ0n) is 21.9. The van der Waals surface area contributed by atoms with Crippen molar-refractivity contribution >= 4 is 11.9 Å². The van der Waals surface area contributed by atoms with Gasteiger partial charge in [0.25, 0.3) is 5.91 Å². The quantitative estimate of drug-likeness (QED) is 0.203. The number of carbonyl (C=O) groups is 2. The normalized spacial score (nSPS) is 11.3. The number of benzene rings is 3. The fourth-order valence-electron chi connectivity index (χ4n) is 4.14. The van der Waals surface area contributed by atoms with Crippen LogP contribution in [-0.4, -0.2) is 28.6 Å². The first kappa shape index (κ1) is 29.3. The van der Waals surface area contributed by atoms with Crippen molar-refractivity contribution in [2.45, 2.75) is 38.9 Å². The number of aromatic nitrogens is 1. The molecule has 0 fully saturated rings. The number of alkyl halides is 3. The van der Waals surface area contributed by atoms with Crippen LogP contribution in [0.15, 0.2) is 71.1 Å². The zero-order valence-corrected chi connectivity index (χ0v) is 21.9. The summed E-state index contributed by atoms with van der Waals surface area (Å²) in [5, 5.41) is 11.6. The van der Waals surface area contributed by atoms with Crippen molar-refractivity contribution in [3.63, 3.8) is 0 Å². The molecule has 0 aliphatic rings. The fourth-order valence-corrected chi connectivity index (χ4v) is 4.14. The van der Waals surface area contributed by atoms with Crippen LogP contribution in [0.5, 0.6) is 5.75 Å². The molecule has 1 heterocycles. The van der Waals surface area contributed by atoms with Crippen LogP contribution in [0.1, 0.15) is 44.9 Å². The van der Waals surface area contributed by atoms with Crippen molar-refractivity contribution in [2.75, 3.05) is 6.61 Å². The summed E-state index contributed by atoms with van der Waals surface area (Å²) >= 11 is 0. The van der Waals surface area contributed by atoms with Gasteiger partial charge in [0.2, 0.25) is 5.89 Å². The molecule has 0 saturated heterocycles. The van der Waals surface area contributed by atoms with Crippen molar-refractivity contribution in [1.29, 1.82) is 0 Å². The van der Waals surface area contributed by atoms with Gasteiger partial charge in [-0.3, -0.25) is 9.59 Å². The SMILES string of the molecule is Cc1oc(-c2ccccc2)nc1CCOc1ccc(CCC(=O)O)c(CNC(=O)c2ccc(C(F)(F)F)c(F)c2)c1. The molecule has 2 N–H and O–H groups in total. The van der Waals surface area contributed by atoms with Gasteiger partial charge in [0.05, 0.1) is 17.9 Å². The number of halogens is 4. The molecule has 3 aromatic carbocycles. The van der Waals surface area contributed by atoms with E-state index in [2.05, 4.69) is 10.3 Å². The van der Waals surface area contributed by atoms with Crippen LogP contribution in [-0.2, 0) is 30.4 Å². The number of oxazole rings is 1. The number of carboxylic acid groups (broad SMARTS) is 1. The maximum absolute atomic E-state index is 13.9. The molecule has 0 aliphatic heterocycles. The van der Waals surface area contributed by atoms with E-state index in [9.17, 15) is 27.2 Å². The van der Waals surface area contributed by atoms with Crippen LogP contribution in [0.2, 0.25) is 0 Å². The minimum atomic E-state index is -4.88. The minimum absolute atomic E-state index is 0.0868. The predicted molar refractivity (Wildman–Crippen MR) is 141 cm³/mol. The lowest BCUT2D eigenvalue weighted by atomic mass is 10.0. The van der Waals surface area contributed by atoms with Gasteiger partial charge >= 0.3 is 12.1 Å². The van der Waals surface area contributed by atoms with Gasteiger partial charge in [0.15, 0.2) is 0 Å². The van der Waals surface area contributed by atoms with Crippen LogP contribution in [0.3, 0.4) is 0 Å². The molecule has 0 radical (unpaired) electrons. The highest BCUT2D eigenvalue weighted by Crippen LogP contribution is 2.31. The number of hydrogen-bond donors (Lipinski definition) is 2. The van der Waals surface area contributed by atoms with Gasteiger partial charge < -0.3 is 19.6 Å². The highest BCUT2D eigenvalue weighted by molar-refractivity contribution is 5.94. The van der Waals surface area contributed by atoms with Gasteiger partial charge in [-0.05, 0) is 66.9 Å². The Bertz CT molecular complexity index is 1530. The van der Waals surface area contributed by atoms with E-state index in [1.54, 1.807) is 18.2 Å². The number of hydrogen-bond acceptors (Lipinski definition) is 5. The van der Waals surface area contributed by atoms with Gasteiger partial charge in [0.1, 0.15) is 17.3 Å². The third kappa shape index (κ3) is 7.71. The Labute approximate surface area is 232 Å². The lowest BCUT2D eigenvalue weighted by molar-refractivity contribution is -0.140. The summed E-state index contributed by atoms with van der Waals surface area (Å²) < 4.78 is 64.1. The van der Waals surface area contributed by atoms with E-state index in [1.807, 2.05) is 37.3 Å². The second-order valence-corrected chi connectivity index (χ2v) is 9.19. The van der Waals surface area contributed by atoms with E-state index in [0.29, 0.717) is 47.1 Å². The molecule has 1 aromatic heterocycles. The molecule has 0 aliphatic carbocycles. The Morgan fingerprint density at radius 1 is 1.00 bits per heavy atom. The molecule has 1 amide bonds. The lowest BCUT2D eigenvalue weighted by Gasteiger charge is -2.14. The molecule has 0 spiro atoms. The standard InChI is InChI=1S/C30H26F4N2O5/c1-18-26(36-29(41-18)20-5-3-2-4-6-20)13-14-40-23-10-7-19(9-12-27(37)38)22(15-23)17-35-28(39)21-8-11-24(25(31)16-21)30(32,33)34/h2-8,10-11,15-16H,9,12-14,17H2,1H3,(H,35,39)(H,37,38). The van der Waals surface area contributed by atoms with Gasteiger partial charge in [0, 0.05) is 30.5 Å². The average Bonchev–Trinajstić information content (AvgIpc) is 3.31. The van der Waals surface area contributed by atoms with Gasteiger partial charge in [-0.15, -0.1) is 0 Å². The van der Waals surface area contributed by atoms with Crippen LogP contribution >= 0.6 is 0 Å². The molecule has 41 heavy (non-hydrogen) atoms. The maximum atomic E-state index is 13.9. The van der Waals surface area contributed by atoms with Crippen molar-refractivity contribution < 1.29 is 41.4 Å². The van der Waals surface area contributed by atoms with Crippen LogP contribution in [0.4, 0.5) is 17.6 Å². The molecule has 4 rings (SSSR count). The number of amides is 1. The molecule has 4 aromatic rings. The first-order valence-electron chi connectivity index (χ1n) is 12.6. The summed E-state index contributed by atoms with van der Waals surface area (Å²) in [7, 11) is 0. The molecule has 0 bridgehead atoms. The molecular weight excluding hydrogens is 544 g/mol. The highest BCUT2D eigenvalue weighted by Gasteiger charge is 2.34. The number of nitrogens with zero attached hydrogens (tertiary/aromatic N) is 1. The highest BCUT2D eigenvalue weighted by atomic mass is 19.4. The maximum Gasteiger partial charge on any atom is 0.419 e. The monoisotopic (exact) mass is 570 g/mol. The Hall–Kier alpha value is -4.67. The largest absolute Gasteiger partial charge is 0.493 e. The number of carboxylic acids is 1. The lowest BCUT2D eigenvalue weighted by Crippen LogP contribution is -2.24. The number of aryl methyl sites for hydroxylation is 2. The average molecular weight is 571 g/mol. The second kappa shape index (κ2) is 12.7. The molecule has 0 saturated carbocycles. The van der Waals surface area contributed by atoms with E-state index in [1.165, 1.54) is 0 Å². The first-order chi connectivity index (χ1) is 19.5. The van der Waals surface area contributed by atoms with E-state index in [0.717, 1.165) is 17.3 Å². The number of carbonyl (C=O) groups excluding carboxylic acids is 1. The van der Waals surface area contributed by atoms with Crippen molar-refractivity contribution in [2.24, 2.45) is 0 Å². The van der Waals surface area contributed by atoms with Gasteiger partial charge in [-0.2, -0.15) is 13.2 Å². The van der Waals surface area contributed by atoms with E-state index in [-0.39, 0.29) is 31.6 Å². The van der Waals surface area contributed by atoms with E-state index < -0.39 is 29.4 Å². The Kier molecular flexibility index (Phi) is 9.06. The van der Waals surface area contributed by atoms with Gasteiger partial charge in [-0.25, -0.2) is 9.37 Å². The summed E-state index contributed by atoms with van der Waals surface area (Å²) in [6, 6.07) is 16.4. The molecule has 0 atom stereocenters. The summed E-state index contributed by atoms with van der Waals surface area (Å²) in [6.07, 6.45) is -4.40. The second-order valence-electron chi connectivity index (χ2n) is 9.19. The minimum Gasteiger partial charge on any atom is -0.493 e. The van der Waals surface area contributed by atoms with Crippen LogP contribution < -0.4 is 10.1 Å². The predicted octanol–water partition coefficient (Wildman–Crippen LogP) is 6.38. The molecular formula is C30H26F4N2O5. The van der Waals surface area contributed by atoms with Gasteiger partial charge in [-0.1, -0.05) is 24.3 Å². The number of rotatable bonds is 11. The molecule has 7 nitrogen and oxygen atoms in total. The summed E-state index contributed by atoms with van der Waals surface area (Å²) in [5.41, 5.74) is 1.02. The van der Waals surface area contributed by atoms with E-state index >= 15 is 0 Å². The summed E-state index contributed by atoms with van der Waals surface area (Å²) in [4.78, 5) is 28.2. The number of aliphatic carboxylic acids is 1. The third-order valence-corrected chi connectivity index (χ3v) is 6.28. The molecule has 11 heteroatoms. The third-order valence-electron chi connectivity index (χ3n) is 6.28. The van der Waals surface area contributed by atoms with E-state index in [4.69, 9.17) is 14.3 Å².